The van der Waals surface area contributed by atoms with Gasteiger partial charge in [0.1, 0.15) is 5.82 Å². The van der Waals surface area contributed by atoms with Crippen molar-refractivity contribution in [2.75, 3.05) is 18.5 Å². The number of aromatic nitrogens is 5. The first kappa shape index (κ1) is 13.7. The number of nitrogens with zero attached hydrogens (tertiary/aromatic N) is 5. The molecule has 0 bridgehead atoms. The third-order valence-electron chi connectivity index (χ3n) is 3.12. The molecule has 0 aromatic carbocycles. The molecule has 0 unspecified atom stereocenters. The Labute approximate surface area is 117 Å². The van der Waals surface area contributed by atoms with E-state index in [-0.39, 0.29) is 17.9 Å². The molecule has 3 heterocycles. The highest BCUT2D eigenvalue weighted by Gasteiger charge is 2.34. The molecule has 1 saturated heterocycles. The summed E-state index contributed by atoms with van der Waals surface area (Å²) < 4.78 is 44.2. The van der Waals surface area contributed by atoms with E-state index in [0.29, 0.717) is 13.2 Å². The van der Waals surface area contributed by atoms with Gasteiger partial charge >= 0.3 is 6.18 Å². The van der Waals surface area contributed by atoms with Gasteiger partial charge < -0.3 is 10.1 Å². The standard InChI is InChI=1S/C11H11F3N6O/c12-11(13,14)9-1-2-10(18-17-9)16-7-5-21-6-8(7)20-4-3-15-19-20/h1-4,7-8H,5-6H2,(H,16,18)/t7-,8+/m0/s1. The minimum absolute atomic E-state index is 0.100. The summed E-state index contributed by atoms with van der Waals surface area (Å²) in [4.78, 5) is 0. The molecule has 21 heavy (non-hydrogen) atoms. The van der Waals surface area contributed by atoms with Crippen LogP contribution in [0.2, 0.25) is 0 Å². The van der Waals surface area contributed by atoms with Crippen molar-refractivity contribution >= 4 is 5.82 Å². The first-order valence-corrected chi connectivity index (χ1v) is 6.15. The lowest BCUT2D eigenvalue weighted by atomic mass is 10.2. The second kappa shape index (κ2) is 5.28. The van der Waals surface area contributed by atoms with Gasteiger partial charge in [-0.3, -0.25) is 0 Å². The van der Waals surface area contributed by atoms with E-state index < -0.39 is 11.9 Å². The highest BCUT2D eigenvalue weighted by Crippen LogP contribution is 2.27. The Morgan fingerprint density at radius 3 is 2.71 bits per heavy atom. The zero-order chi connectivity index (χ0) is 14.9. The molecule has 0 spiro atoms. The fourth-order valence-corrected chi connectivity index (χ4v) is 2.09. The zero-order valence-corrected chi connectivity index (χ0v) is 10.7. The van der Waals surface area contributed by atoms with Gasteiger partial charge in [0.15, 0.2) is 5.69 Å². The Kier molecular flexibility index (Phi) is 3.45. The van der Waals surface area contributed by atoms with E-state index in [2.05, 4.69) is 25.8 Å². The predicted octanol–water partition coefficient (Wildman–Crippen LogP) is 1.14. The summed E-state index contributed by atoms with van der Waals surface area (Å²) in [5, 5.41) is 17.3. The zero-order valence-electron chi connectivity index (χ0n) is 10.7. The Hall–Kier alpha value is -2.23. The molecular weight excluding hydrogens is 289 g/mol. The fourth-order valence-electron chi connectivity index (χ4n) is 2.09. The Morgan fingerprint density at radius 2 is 2.10 bits per heavy atom. The summed E-state index contributed by atoms with van der Waals surface area (Å²) >= 11 is 0. The smallest absolute Gasteiger partial charge is 0.377 e. The molecule has 2 atom stereocenters. The first-order chi connectivity index (χ1) is 10.0. The molecule has 112 valence electrons. The fraction of sp³-hybridized carbons (Fsp3) is 0.455. The highest BCUT2D eigenvalue weighted by molar-refractivity contribution is 5.35. The van der Waals surface area contributed by atoms with Gasteiger partial charge in [-0.2, -0.15) is 13.2 Å². The van der Waals surface area contributed by atoms with Crippen LogP contribution in [0.4, 0.5) is 19.0 Å². The number of nitrogens with one attached hydrogen (secondary N) is 1. The van der Waals surface area contributed by atoms with E-state index in [4.69, 9.17) is 4.74 Å². The number of halogens is 3. The summed E-state index contributed by atoms with van der Waals surface area (Å²) in [5.74, 6) is 0.253. The number of alkyl halides is 3. The van der Waals surface area contributed by atoms with Gasteiger partial charge in [0, 0.05) is 6.20 Å². The van der Waals surface area contributed by atoms with Gasteiger partial charge in [0.05, 0.1) is 31.5 Å². The SMILES string of the molecule is FC(F)(F)c1ccc(N[C@H]2COC[C@H]2n2ccnn2)nn1. The number of hydrogen-bond acceptors (Lipinski definition) is 6. The lowest BCUT2D eigenvalue weighted by Crippen LogP contribution is -2.31. The highest BCUT2D eigenvalue weighted by atomic mass is 19.4. The molecule has 0 aliphatic carbocycles. The van der Waals surface area contributed by atoms with Crippen LogP contribution in [0, 0.1) is 0 Å². The molecular formula is C11H11F3N6O. The van der Waals surface area contributed by atoms with Gasteiger partial charge in [-0.1, -0.05) is 5.21 Å². The van der Waals surface area contributed by atoms with Crippen molar-refractivity contribution in [3.8, 4) is 0 Å². The van der Waals surface area contributed by atoms with Crippen LogP contribution in [0.25, 0.3) is 0 Å². The third kappa shape index (κ3) is 2.94. The molecule has 2 aromatic rings. The van der Waals surface area contributed by atoms with Gasteiger partial charge in [-0.05, 0) is 12.1 Å². The number of anilines is 1. The number of ether oxygens (including phenoxy) is 1. The monoisotopic (exact) mass is 300 g/mol. The van der Waals surface area contributed by atoms with E-state index in [1.54, 1.807) is 17.1 Å². The molecule has 2 aromatic heterocycles. The van der Waals surface area contributed by atoms with Crippen LogP contribution in [0.1, 0.15) is 11.7 Å². The van der Waals surface area contributed by atoms with E-state index in [9.17, 15) is 13.2 Å². The van der Waals surface area contributed by atoms with E-state index in [0.717, 1.165) is 6.07 Å². The summed E-state index contributed by atoms with van der Waals surface area (Å²) in [6, 6.07) is 1.86. The maximum Gasteiger partial charge on any atom is 0.435 e. The van der Waals surface area contributed by atoms with Gasteiger partial charge in [0.2, 0.25) is 0 Å². The predicted molar refractivity (Wildman–Crippen MR) is 64.3 cm³/mol. The van der Waals surface area contributed by atoms with Crippen LogP contribution < -0.4 is 5.32 Å². The van der Waals surface area contributed by atoms with E-state index in [1.807, 2.05) is 0 Å². The topological polar surface area (TPSA) is 77.8 Å². The summed E-state index contributed by atoms with van der Waals surface area (Å²) in [6.07, 6.45) is -1.25. The lowest BCUT2D eigenvalue weighted by molar-refractivity contribution is -0.141. The molecule has 0 amide bonds. The minimum atomic E-state index is -4.49. The Balaban J connectivity index is 1.71. The summed E-state index contributed by atoms with van der Waals surface area (Å²) in [7, 11) is 0. The van der Waals surface area contributed by atoms with E-state index in [1.165, 1.54) is 6.07 Å². The molecule has 1 aliphatic heterocycles. The third-order valence-corrected chi connectivity index (χ3v) is 3.12. The molecule has 7 nitrogen and oxygen atoms in total. The second-order valence-corrected chi connectivity index (χ2v) is 4.54. The lowest BCUT2D eigenvalue weighted by Gasteiger charge is -2.19. The average Bonchev–Trinajstić information content (AvgIpc) is 3.08. The van der Waals surface area contributed by atoms with Crippen molar-refractivity contribution in [3.05, 3.63) is 30.2 Å². The molecule has 1 N–H and O–H groups in total. The van der Waals surface area contributed by atoms with Crippen molar-refractivity contribution in [1.29, 1.82) is 0 Å². The van der Waals surface area contributed by atoms with Crippen molar-refractivity contribution in [2.45, 2.75) is 18.3 Å². The van der Waals surface area contributed by atoms with Gasteiger partial charge in [-0.15, -0.1) is 15.3 Å². The van der Waals surface area contributed by atoms with Crippen LogP contribution in [-0.4, -0.2) is 44.4 Å². The molecule has 1 fully saturated rings. The Bertz CT molecular complexity index is 585. The maximum absolute atomic E-state index is 12.4. The van der Waals surface area contributed by atoms with Crippen LogP contribution >= 0.6 is 0 Å². The molecule has 0 radical (unpaired) electrons. The molecule has 10 heteroatoms. The van der Waals surface area contributed by atoms with Crippen molar-refractivity contribution < 1.29 is 17.9 Å². The van der Waals surface area contributed by atoms with Crippen LogP contribution in [0.15, 0.2) is 24.5 Å². The van der Waals surface area contributed by atoms with Crippen LogP contribution in [0.3, 0.4) is 0 Å². The molecule has 1 aliphatic rings. The number of hydrogen-bond donors (Lipinski definition) is 1. The first-order valence-electron chi connectivity index (χ1n) is 6.15. The number of rotatable bonds is 3. The minimum Gasteiger partial charge on any atom is -0.377 e. The summed E-state index contributed by atoms with van der Waals surface area (Å²) in [6.45, 7) is 0.836. The quantitative estimate of drug-likeness (QED) is 0.916. The Morgan fingerprint density at radius 1 is 1.24 bits per heavy atom. The van der Waals surface area contributed by atoms with Crippen molar-refractivity contribution in [1.82, 2.24) is 25.2 Å². The maximum atomic E-state index is 12.4. The van der Waals surface area contributed by atoms with E-state index >= 15 is 0 Å². The molecule has 0 saturated carbocycles. The van der Waals surface area contributed by atoms with Crippen molar-refractivity contribution in [3.63, 3.8) is 0 Å². The molecule has 3 rings (SSSR count). The van der Waals surface area contributed by atoms with Crippen molar-refractivity contribution in [2.24, 2.45) is 0 Å². The van der Waals surface area contributed by atoms with Crippen LogP contribution in [0.5, 0.6) is 0 Å². The summed E-state index contributed by atoms with van der Waals surface area (Å²) in [5.41, 5.74) is -1.02. The van der Waals surface area contributed by atoms with Crippen LogP contribution in [-0.2, 0) is 10.9 Å². The van der Waals surface area contributed by atoms with Gasteiger partial charge in [-0.25, -0.2) is 4.68 Å². The largest absolute Gasteiger partial charge is 0.435 e. The second-order valence-electron chi connectivity index (χ2n) is 4.54. The normalized spacial score (nSPS) is 22.4. The average molecular weight is 300 g/mol. The van der Waals surface area contributed by atoms with Gasteiger partial charge in [0.25, 0.3) is 0 Å².